The van der Waals surface area contributed by atoms with Gasteiger partial charge in [0.25, 0.3) is 0 Å². The molecule has 0 spiro atoms. The van der Waals surface area contributed by atoms with Crippen LogP contribution in [0.4, 0.5) is 4.39 Å². The maximum Gasteiger partial charge on any atom is 0.224 e. The third kappa shape index (κ3) is 5.86. The predicted octanol–water partition coefficient (Wildman–Crippen LogP) is 4.90. The van der Waals surface area contributed by atoms with Gasteiger partial charge < -0.3 is 10.2 Å². The number of amides is 2. The van der Waals surface area contributed by atoms with Crippen LogP contribution in [0.15, 0.2) is 84.9 Å². The van der Waals surface area contributed by atoms with Crippen molar-refractivity contribution in [2.75, 3.05) is 13.1 Å². The molecule has 0 aromatic heterocycles. The Morgan fingerprint density at radius 1 is 0.939 bits per heavy atom. The van der Waals surface area contributed by atoms with E-state index in [0.717, 1.165) is 6.42 Å². The lowest BCUT2D eigenvalue weighted by atomic mass is 9.88. The first-order chi connectivity index (χ1) is 16.1. The molecular formula is C28H29FN2O2. The molecule has 0 bridgehead atoms. The molecule has 1 aliphatic rings. The Hall–Kier alpha value is -3.47. The van der Waals surface area contributed by atoms with Crippen LogP contribution in [0, 0.1) is 11.7 Å². The molecule has 170 valence electrons. The second kappa shape index (κ2) is 10.9. The molecule has 1 saturated heterocycles. The molecular weight excluding hydrogens is 415 g/mol. The van der Waals surface area contributed by atoms with Crippen LogP contribution in [0.2, 0.25) is 0 Å². The zero-order valence-electron chi connectivity index (χ0n) is 18.6. The first kappa shape index (κ1) is 22.7. The van der Waals surface area contributed by atoms with Gasteiger partial charge in [0.15, 0.2) is 0 Å². The summed E-state index contributed by atoms with van der Waals surface area (Å²) in [4.78, 5) is 26.9. The Morgan fingerprint density at radius 2 is 1.55 bits per heavy atom. The topological polar surface area (TPSA) is 49.4 Å². The Morgan fingerprint density at radius 3 is 2.18 bits per heavy atom. The number of carbonyl (C=O) groups excluding carboxylic acids is 2. The van der Waals surface area contributed by atoms with Gasteiger partial charge in [0, 0.05) is 37.5 Å². The van der Waals surface area contributed by atoms with Crippen molar-refractivity contribution in [1.29, 1.82) is 0 Å². The first-order valence-corrected chi connectivity index (χ1v) is 11.5. The zero-order chi connectivity index (χ0) is 23.0. The van der Waals surface area contributed by atoms with Crippen LogP contribution >= 0.6 is 0 Å². The van der Waals surface area contributed by atoms with Gasteiger partial charge in [-0.1, -0.05) is 78.9 Å². The normalized spacial score (nSPS) is 16.1. The van der Waals surface area contributed by atoms with Crippen LogP contribution < -0.4 is 5.32 Å². The molecule has 1 fully saturated rings. The van der Waals surface area contributed by atoms with Crippen LogP contribution in [0.1, 0.15) is 41.9 Å². The van der Waals surface area contributed by atoms with Crippen molar-refractivity contribution in [3.63, 3.8) is 0 Å². The van der Waals surface area contributed by atoms with Gasteiger partial charge in [0.05, 0.1) is 5.92 Å². The average molecular weight is 445 g/mol. The molecule has 1 N–H and O–H groups in total. The van der Waals surface area contributed by atoms with E-state index in [9.17, 15) is 14.0 Å². The summed E-state index contributed by atoms with van der Waals surface area (Å²) in [6, 6.07) is 27.1. The van der Waals surface area contributed by atoms with Crippen molar-refractivity contribution in [2.24, 2.45) is 5.92 Å². The van der Waals surface area contributed by atoms with E-state index in [1.807, 2.05) is 36.4 Å². The second-order valence-electron chi connectivity index (χ2n) is 8.55. The molecule has 1 heterocycles. The lowest BCUT2D eigenvalue weighted by Gasteiger charge is -2.32. The number of nitrogens with one attached hydrogen (secondary N) is 1. The van der Waals surface area contributed by atoms with Crippen molar-refractivity contribution in [3.8, 4) is 0 Å². The highest BCUT2D eigenvalue weighted by Gasteiger charge is 2.30. The van der Waals surface area contributed by atoms with Crippen molar-refractivity contribution in [2.45, 2.75) is 31.7 Å². The SMILES string of the molecule is O=C(NCCC(c1ccccc1)c1ccccc1)[C@H]1CCC(=O)N(Cc2ccccc2F)C1. The van der Waals surface area contributed by atoms with E-state index in [2.05, 4.69) is 29.6 Å². The molecule has 2 amide bonds. The zero-order valence-corrected chi connectivity index (χ0v) is 18.6. The van der Waals surface area contributed by atoms with Gasteiger partial charge in [-0.2, -0.15) is 0 Å². The fraction of sp³-hybridized carbons (Fsp3) is 0.286. The summed E-state index contributed by atoms with van der Waals surface area (Å²) in [7, 11) is 0. The van der Waals surface area contributed by atoms with Gasteiger partial charge in [-0.25, -0.2) is 4.39 Å². The van der Waals surface area contributed by atoms with Gasteiger partial charge in [0.1, 0.15) is 5.82 Å². The Labute approximate surface area is 194 Å². The molecule has 4 nitrogen and oxygen atoms in total. The molecule has 1 aliphatic heterocycles. The van der Waals surface area contributed by atoms with E-state index in [1.165, 1.54) is 17.2 Å². The standard InChI is InChI=1S/C28H29FN2O2/c29-26-14-8-7-13-23(26)19-31-20-24(15-16-27(31)32)28(33)30-18-17-25(21-9-3-1-4-10-21)22-11-5-2-6-12-22/h1-14,24-25H,15-20H2,(H,30,33)/t24-/m0/s1. The van der Waals surface area contributed by atoms with E-state index in [4.69, 9.17) is 0 Å². The maximum atomic E-state index is 14.0. The quantitative estimate of drug-likeness (QED) is 0.537. The molecule has 0 saturated carbocycles. The summed E-state index contributed by atoms with van der Waals surface area (Å²) < 4.78 is 14.0. The molecule has 3 aromatic rings. The van der Waals surface area contributed by atoms with Gasteiger partial charge in [-0.05, 0) is 30.0 Å². The van der Waals surface area contributed by atoms with Crippen molar-refractivity contribution in [3.05, 3.63) is 107 Å². The van der Waals surface area contributed by atoms with E-state index in [1.54, 1.807) is 23.1 Å². The van der Waals surface area contributed by atoms with Gasteiger partial charge in [-0.15, -0.1) is 0 Å². The van der Waals surface area contributed by atoms with Crippen molar-refractivity contribution < 1.29 is 14.0 Å². The van der Waals surface area contributed by atoms with Gasteiger partial charge >= 0.3 is 0 Å². The summed E-state index contributed by atoms with van der Waals surface area (Å²) in [5.74, 6) is -0.485. The maximum absolute atomic E-state index is 14.0. The molecule has 4 rings (SSSR count). The molecule has 0 radical (unpaired) electrons. The lowest BCUT2D eigenvalue weighted by molar-refractivity contribution is -0.138. The number of carbonyl (C=O) groups is 2. The Kier molecular flexibility index (Phi) is 7.51. The second-order valence-corrected chi connectivity index (χ2v) is 8.55. The van der Waals surface area contributed by atoms with Gasteiger partial charge in [-0.3, -0.25) is 9.59 Å². The fourth-order valence-corrected chi connectivity index (χ4v) is 4.49. The summed E-state index contributed by atoms with van der Waals surface area (Å²) >= 11 is 0. The number of benzene rings is 3. The largest absolute Gasteiger partial charge is 0.356 e. The third-order valence-electron chi connectivity index (χ3n) is 6.33. The molecule has 1 atom stereocenters. The molecule has 3 aromatic carbocycles. The Balaban J connectivity index is 1.35. The monoisotopic (exact) mass is 444 g/mol. The third-order valence-corrected chi connectivity index (χ3v) is 6.33. The van der Waals surface area contributed by atoms with Crippen LogP contribution in [0.5, 0.6) is 0 Å². The minimum absolute atomic E-state index is 0.0319. The molecule has 5 heteroatoms. The average Bonchev–Trinajstić information content (AvgIpc) is 2.85. The summed E-state index contributed by atoms with van der Waals surface area (Å²) in [6.07, 6.45) is 1.62. The molecule has 33 heavy (non-hydrogen) atoms. The van der Waals surface area contributed by atoms with Crippen LogP contribution in [-0.4, -0.2) is 29.8 Å². The van der Waals surface area contributed by atoms with Crippen LogP contribution in [0.25, 0.3) is 0 Å². The van der Waals surface area contributed by atoms with E-state index >= 15 is 0 Å². The van der Waals surface area contributed by atoms with Crippen molar-refractivity contribution >= 4 is 11.8 Å². The van der Waals surface area contributed by atoms with Crippen LogP contribution in [0.3, 0.4) is 0 Å². The highest BCUT2D eigenvalue weighted by atomic mass is 19.1. The minimum atomic E-state index is -0.329. The lowest BCUT2D eigenvalue weighted by Crippen LogP contribution is -2.45. The fourth-order valence-electron chi connectivity index (χ4n) is 4.49. The number of hydrogen-bond donors (Lipinski definition) is 1. The summed E-state index contributed by atoms with van der Waals surface area (Å²) in [5, 5.41) is 3.08. The molecule has 0 unspecified atom stereocenters. The van der Waals surface area contributed by atoms with E-state index in [-0.39, 0.29) is 36.0 Å². The number of piperidine rings is 1. The smallest absolute Gasteiger partial charge is 0.224 e. The summed E-state index contributed by atoms with van der Waals surface area (Å²) in [6.45, 7) is 1.06. The summed E-state index contributed by atoms with van der Waals surface area (Å²) in [5.41, 5.74) is 2.91. The highest BCUT2D eigenvalue weighted by molar-refractivity contribution is 5.83. The van der Waals surface area contributed by atoms with Crippen LogP contribution in [-0.2, 0) is 16.1 Å². The number of nitrogens with zero attached hydrogens (tertiary/aromatic N) is 1. The van der Waals surface area contributed by atoms with Gasteiger partial charge in [0.2, 0.25) is 11.8 Å². The van der Waals surface area contributed by atoms with E-state index in [0.29, 0.717) is 31.5 Å². The number of hydrogen-bond acceptors (Lipinski definition) is 2. The predicted molar refractivity (Wildman–Crippen MR) is 127 cm³/mol. The number of likely N-dealkylation sites (tertiary alicyclic amines) is 1. The van der Waals surface area contributed by atoms with Crippen molar-refractivity contribution in [1.82, 2.24) is 10.2 Å². The first-order valence-electron chi connectivity index (χ1n) is 11.5. The number of rotatable bonds is 8. The molecule has 0 aliphatic carbocycles. The van der Waals surface area contributed by atoms with E-state index < -0.39 is 0 Å². The highest BCUT2D eigenvalue weighted by Crippen LogP contribution is 2.27. The number of halogens is 1. The minimum Gasteiger partial charge on any atom is -0.356 e. The Bertz CT molecular complexity index is 1030.